The van der Waals surface area contributed by atoms with Crippen LogP contribution < -0.4 is 0 Å². The fourth-order valence-electron chi connectivity index (χ4n) is 9.62. The molecule has 286 valence electrons. The van der Waals surface area contributed by atoms with Crippen molar-refractivity contribution in [3.05, 3.63) is 203 Å². The molecule has 0 spiro atoms. The van der Waals surface area contributed by atoms with Gasteiger partial charge in [-0.05, 0) is 125 Å². The Morgan fingerprint density at radius 3 is 2.10 bits per heavy atom. The SMILES string of the molecule is CC1=C(C2=C(\c3ccc4c(c3)-c3c(cccc3-c3ccc5c(c3)c3ccccc3n5-c3nc(-c5ccccc5)cc(-c5ccccc5)n3)C4)CC#CC/C=C\2C)C=CCC1. The second kappa shape index (κ2) is 14.8. The third-order valence-electron chi connectivity index (χ3n) is 12.6. The molecule has 0 N–H and O–H groups in total. The van der Waals surface area contributed by atoms with Crippen molar-refractivity contribution in [1.29, 1.82) is 0 Å². The second-order valence-electron chi connectivity index (χ2n) is 16.3. The van der Waals surface area contributed by atoms with Gasteiger partial charge in [0, 0.05) is 34.7 Å². The summed E-state index contributed by atoms with van der Waals surface area (Å²) in [6, 6.07) is 52.5. The normalized spacial score (nSPS) is 16.8. The summed E-state index contributed by atoms with van der Waals surface area (Å²) in [5, 5.41) is 2.35. The number of para-hydroxylation sites is 1. The van der Waals surface area contributed by atoms with Crippen molar-refractivity contribution in [1.82, 2.24) is 14.5 Å². The van der Waals surface area contributed by atoms with E-state index in [2.05, 4.69) is 182 Å². The van der Waals surface area contributed by atoms with Crippen LogP contribution in [0.25, 0.3) is 78.1 Å². The van der Waals surface area contributed by atoms with Crippen molar-refractivity contribution < 1.29 is 0 Å². The summed E-state index contributed by atoms with van der Waals surface area (Å²) in [5.74, 6) is 7.58. The van der Waals surface area contributed by atoms with Crippen LogP contribution in [0.1, 0.15) is 56.2 Å². The van der Waals surface area contributed by atoms with Gasteiger partial charge in [-0.3, -0.25) is 4.57 Å². The van der Waals surface area contributed by atoms with E-state index < -0.39 is 0 Å². The monoisotopic (exact) mass is 769 g/mol. The number of hydrogen-bond donors (Lipinski definition) is 0. The zero-order chi connectivity index (χ0) is 40.2. The van der Waals surface area contributed by atoms with E-state index in [9.17, 15) is 0 Å². The molecule has 11 rings (SSSR count). The second-order valence-corrected chi connectivity index (χ2v) is 16.3. The van der Waals surface area contributed by atoms with Crippen LogP contribution in [-0.4, -0.2) is 14.5 Å². The summed E-state index contributed by atoms with van der Waals surface area (Å²) in [4.78, 5) is 10.5. The van der Waals surface area contributed by atoms with Gasteiger partial charge in [0.1, 0.15) is 0 Å². The zero-order valence-electron chi connectivity index (χ0n) is 34.0. The molecule has 0 fully saturated rings. The van der Waals surface area contributed by atoms with Gasteiger partial charge in [-0.2, -0.15) is 0 Å². The van der Waals surface area contributed by atoms with Crippen LogP contribution in [-0.2, 0) is 6.42 Å². The Bertz CT molecular complexity index is 3170. The van der Waals surface area contributed by atoms with Crippen LogP contribution in [0, 0.1) is 11.8 Å². The van der Waals surface area contributed by atoms with Crippen LogP contribution in [0.2, 0.25) is 0 Å². The number of rotatable bonds is 6. The molecule has 3 nitrogen and oxygen atoms in total. The molecule has 3 aliphatic rings. The molecule has 0 bridgehead atoms. The molecule has 0 atom stereocenters. The molecule has 6 aromatic carbocycles. The average molecular weight is 770 g/mol. The summed E-state index contributed by atoms with van der Waals surface area (Å²) in [5.41, 5.74) is 22.0. The van der Waals surface area contributed by atoms with Gasteiger partial charge in [-0.25, -0.2) is 9.97 Å². The summed E-state index contributed by atoms with van der Waals surface area (Å²) in [7, 11) is 0. The van der Waals surface area contributed by atoms with Crippen molar-refractivity contribution in [3.63, 3.8) is 0 Å². The highest BCUT2D eigenvalue weighted by Gasteiger charge is 2.26. The lowest BCUT2D eigenvalue weighted by atomic mass is 9.82. The van der Waals surface area contributed by atoms with Crippen molar-refractivity contribution in [2.45, 2.75) is 46.0 Å². The molecular formula is C57H43N3. The predicted octanol–water partition coefficient (Wildman–Crippen LogP) is 14.3. The van der Waals surface area contributed by atoms with Crippen LogP contribution >= 0.6 is 0 Å². The Labute approximate surface area is 351 Å². The molecule has 3 heteroatoms. The highest BCUT2D eigenvalue weighted by atomic mass is 15.2. The van der Waals surface area contributed by atoms with Crippen LogP contribution in [0.4, 0.5) is 0 Å². The molecule has 0 saturated heterocycles. The van der Waals surface area contributed by atoms with Gasteiger partial charge in [-0.1, -0.05) is 151 Å². The maximum absolute atomic E-state index is 5.26. The van der Waals surface area contributed by atoms with Crippen molar-refractivity contribution in [2.75, 3.05) is 0 Å². The molecule has 2 aromatic heterocycles. The summed E-state index contributed by atoms with van der Waals surface area (Å²) < 4.78 is 2.24. The average Bonchev–Trinajstić information content (AvgIpc) is 3.84. The zero-order valence-corrected chi connectivity index (χ0v) is 34.0. The Morgan fingerprint density at radius 1 is 0.583 bits per heavy atom. The van der Waals surface area contributed by atoms with E-state index in [-0.39, 0.29) is 0 Å². The fourth-order valence-corrected chi connectivity index (χ4v) is 9.62. The lowest BCUT2D eigenvalue weighted by Gasteiger charge is -2.22. The van der Waals surface area contributed by atoms with Crippen LogP contribution in [0.3, 0.4) is 0 Å². The van der Waals surface area contributed by atoms with Gasteiger partial charge >= 0.3 is 0 Å². The maximum atomic E-state index is 5.26. The van der Waals surface area contributed by atoms with E-state index in [0.29, 0.717) is 5.95 Å². The Balaban J connectivity index is 1.07. The van der Waals surface area contributed by atoms with E-state index in [0.717, 1.165) is 65.7 Å². The van der Waals surface area contributed by atoms with Gasteiger partial charge in [-0.15, -0.1) is 0 Å². The van der Waals surface area contributed by atoms with Gasteiger partial charge in [0.2, 0.25) is 5.95 Å². The van der Waals surface area contributed by atoms with Gasteiger partial charge in [0.05, 0.1) is 22.4 Å². The summed E-state index contributed by atoms with van der Waals surface area (Å²) in [6.07, 6.45) is 11.7. The van der Waals surface area contributed by atoms with Gasteiger partial charge < -0.3 is 0 Å². The number of hydrogen-bond acceptors (Lipinski definition) is 2. The molecule has 60 heavy (non-hydrogen) atoms. The van der Waals surface area contributed by atoms with E-state index in [1.165, 1.54) is 77.6 Å². The Morgan fingerprint density at radius 2 is 1.32 bits per heavy atom. The molecule has 0 aliphatic heterocycles. The van der Waals surface area contributed by atoms with E-state index in [1.807, 2.05) is 12.1 Å². The fraction of sp³-hybridized carbons (Fsp3) is 0.123. The summed E-state index contributed by atoms with van der Waals surface area (Å²) in [6.45, 7) is 4.57. The number of fused-ring (bicyclic) bond motifs is 6. The maximum Gasteiger partial charge on any atom is 0.235 e. The number of allylic oxidation sites excluding steroid dienone is 8. The first kappa shape index (κ1) is 35.8. The lowest BCUT2D eigenvalue weighted by molar-refractivity contribution is 0.942. The molecule has 0 radical (unpaired) electrons. The Hall–Kier alpha value is -7.28. The topological polar surface area (TPSA) is 30.7 Å². The molecule has 0 saturated carbocycles. The molecular weight excluding hydrogens is 727 g/mol. The van der Waals surface area contributed by atoms with Gasteiger partial charge in [0.15, 0.2) is 0 Å². The third-order valence-corrected chi connectivity index (χ3v) is 12.6. The summed E-state index contributed by atoms with van der Waals surface area (Å²) >= 11 is 0. The number of benzene rings is 6. The van der Waals surface area contributed by atoms with Crippen molar-refractivity contribution in [2.24, 2.45) is 0 Å². The molecule has 2 heterocycles. The first-order valence-corrected chi connectivity index (χ1v) is 21.1. The van der Waals surface area contributed by atoms with E-state index in [1.54, 1.807) is 0 Å². The first-order valence-electron chi connectivity index (χ1n) is 21.1. The standard InChI is InChI=1S/C57H43N3/c1-37-17-12-13-24-45(37)55-38(2)18-6-3-11-25-46(55)42-30-29-41-33-44-23-16-27-47(56(44)49(41)34-42)43-31-32-54-50(35-43)48-26-14-15-28-53(48)60(54)57-58-51(39-19-7-4-8-20-39)36-52(59-57)40-21-9-5-10-22-40/h4-5,7-10,13-16,18-24,26-32,34-36H,6,12,17,25,33H2,1-2H3/b38-18-,55-46-. The van der Waals surface area contributed by atoms with Gasteiger partial charge in [0.25, 0.3) is 0 Å². The van der Waals surface area contributed by atoms with Crippen LogP contribution in [0.5, 0.6) is 0 Å². The first-order chi connectivity index (χ1) is 29.6. The number of nitrogens with zero attached hydrogens (tertiary/aromatic N) is 3. The quantitative estimate of drug-likeness (QED) is 0.158. The lowest BCUT2D eigenvalue weighted by Crippen LogP contribution is -2.04. The number of aromatic nitrogens is 3. The minimum absolute atomic E-state index is 0.656. The smallest absolute Gasteiger partial charge is 0.235 e. The van der Waals surface area contributed by atoms with E-state index in [4.69, 9.17) is 9.97 Å². The largest absolute Gasteiger partial charge is 0.278 e. The molecule has 0 amide bonds. The third kappa shape index (κ3) is 6.16. The van der Waals surface area contributed by atoms with Crippen molar-refractivity contribution in [3.8, 4) is 62.6 Å². The molecule has 8 aromatic rings. The predicted molar refractivity (Wildman–Crippen MR) is 250 cm³/mol. The van der Waals surface area contributed by atoms with Crippen molar-refractivity contribution >= 4 is 27.4 Å². The minimum Gasteiger partial charge on any atom is -0.278 e. The highest BCUT2D eigenvalue weighted by Crippen LogP contribution is 2.46. The molecule has 3 aliphatic carbocycles. The minimum atomic E-state index is 0.656. The molecule has 0 unspecified atom stereocenters. The van der Waals surface area contributed by atoms with E-state index >= 15 is 0 Å². The van der Waals surface area contributed by atoms with Crippen LogP contribution in [0.15, 0.2) is 186 Å². The highest BCUT2D eigenvalue weighted by molar-refractivity contribution is 6.11. The Kier molecular flexibility index (Phi) is 8.86.